The third kappa shape index (κ3) is 5.46. The highest BCUT2D eigenvalue weighted by Crippen LogP contribution is 1.96. The van der Waals surface area contributed by atoms with Crippen LogP contribution in [0.5, 0.6) is 0 Å². The van der Waals surface area contributed by atoms with E-state index in [2.05, 4.69) is 38.1 Å². The molecule has 62 valence electrons. The smallest absolute Gasteiger partial charge is 0.0354 e. The standard InChI is InChI=1S/C10H17N/c1-5-7-11(8-6-2)9-10(3)4/h5-6,9H,1-2,7-8H2,3-4H3. The molecule has 0 saturated carbocycles. The van der Waals surface area contributed by atoms with Gasteiger partial charge in [-0.2, -0.15) is 0 Å². The maximum atomic E-state index is 3.68. The Morgan fingerprint density at radius 3 is 1.91 bits per heavy atom. The molecule has 0 aromatic carbocycles. The molecular weight excluding hydrogens is 134 g/mol. The third-order valence-electron chi connectivity index (χ3n) is 1.17. The van der Waals surface area contributed by atoms with Gasteiger partial charge in [0.2, 0.25) is 0 Å². The topological polar surface area (TPSA) is 3.24 Å². The first kappa shape index (κ1) is 10.0. The van der Waals surface area contributed by atoms with E-state index in [1.807, 2.05) is 12.2 Å². The van der Waals surface area contributed by atoms with E-state index in [0.717, 1.165) is 13.1 Å². The second-order valence-corrected chi connectivity index (χ2v) is 2.74. The van der Waals surface area contributed by atoms with Gasteiger partial charge in [-0.25, -0.2) is 0 Å². The lowest BCUT2D eigenvalue weighted by molar-refractivity contribution is 0.459. The van der Waals surface area contributed by atoms with Crippen LogP contribution in [-0.2, 0) is 0 Å². The SMILES string of the molecule is C=CCN(C=C(C)C)CC=C. The molecule has 0 unspecified atom stereocenters. The normalized spacial score (nSPS) is 8.55. The summed E-state index contributed by atoms with van der Waals surface area (Å²) in [6, 6.07) is 0. The molecule has 1 heteroatoms. The van der Waals surface area contributed by atoms with E-state index in [-0.39, 0.29) is 0 Å². The first-order valence-corrected chi connectivity index (χ1v) is 3.81. The minimum atomic E-state index is 0.886. The average Bonchev–Trinajstić information content (AvgIpc) is 1.87. The highest BCUT2D eigenvalue weighted by atomic mass is 15.1. The van der Waals surface area contributed by atoms with Gasteiger partial charge in [-0.1, -0.05) is 17.7 Å². The zero-order valence-electron chi connectivity index (χ0n) is 7.51. The van der Waals surface area contributed by atoms with Crippen molar-refractivity contribution in [1.29, 1.82) is 0 Å². The molecule has 0 aliphatic rings. The number of hydrogen-bond donors (Lipinski definition) is 0. The van der Waals surface area contributed by atoms with Crippen molar-refractivity contribution in [3.63, 3.8) is 0 Å². The fourth-order valence-corrected chi connectivity index (χ4v) is 0.877. The molecule has 0 bridgehead atoms. The summed E-state index contributed by atoms with van der Waals surface area (Å²) in [5.74, 6) is 0. The van der Waals surface area contributed by atoms with E-state index in [0.29, 0.717) is 0 Å². The fraction of sp³-hybridized carbons (Fsp3) is 0.400. The molecule has 0 saturated heterocycles. The molecule has 1 nitrogen and oxygen atoms in total. The Morgan fingerprint density at radius 1 is 1.18 bits per heavy atom. The van der Waals surface area contributed by atoms with Gasteiger partial charge >= 0.3 is 0 Å². The number of nitrogens with zero attached hydrogens (tertiary/aromatic N) is 1. The molecule has 0 radical (unpaired) electrons. The van der Waals surface area contributed by atoms with Crippen LogP contribution in [-0.4, -0.2) is 18.0 Å². The van der Waals surface area contributed by atoms with E-state index >= 15 is 0 Å². The number of rotatable bonds is 5. The van der Waals surface area contributed by atoms with Crippen molar-refractivity contribution in [1.82, 2.24) is 4.90 Å². The highest BCUT2D eigenvalue weighted by Gasteiger charge is 1.91. The van der Waals surface area contributed by atoms with Crippen molar-refractivity contribution >= 4 is 0 Å². The molecule has 0 heterocycles. The molecule has 0 N–H and O–H groups in total. The Labute approximate surface area is 69.7 Å². The van der Waals surface area contributed by atoms with Gasteiger partial charge in [-0.05, 0) is 20.0 Å². The third-order valence-corrected chi connectivity index (χ3v) is 1.17. The predicted molar refractivity (Wildman–Crippen MR) is 51.4 cm³/mol. The van der Waals surface area contributed by atoms with E-state index in [1.54, 1.807) is 0 Å². The van der Waals surface area contributed by atoms with Gasteiger partial charge in [0.25, 0.3) is 0 Å². The summed E-state index contributed by atoms with van der Waals surface area (Å²) in [7, 11) is 0. The van der Waals surface area contributed by atoms with E-state index in [4.69, 9.17) is 0 Å². The van der Waals surface area contributed by atoms with Crippen LogP contribution in [0.1, 0.15) is 13.8 Å². The summed E-state index contributed by atoms with van der Waals surface area (Å²) in [6.07, 6.45) is 5.90. The summed E-state index contributed by atoms with van der Waals surface area (Å²) in [4.78, 5) is 2.16. The van der Waals surface area contributed by atoms with Crippen molar-refractivity contribution in [3.8, 4) is 0 Å². The minimum absolute atomic E-state index is 0.886. The van der Waals surface area contributed by atoms with Crippen molar-refractivity contribution in [2.24, 2.45) is 0 Å². The van der Waals surface area contributed by atoms with Gasteiger partial charge in [0.15, 0.2) is 0 Å². The summed E-state index contributed by atoms with van der Waals surface area (Å²) in [5.41, 5.74) is 1.30. The first-order chi connectivity index (χ1) is 5.20. The Kier molecular flexibility index (Phi) is 5.26. The van der Waals surface area contributed by atoms with Gasteiger partial charge in [-0.15, -0.1) is 13.2 Å². The fourth-order valence-electron chi connectivity index (χ4n) is 0.877. The quantitative estimate of drug-likeness (QED) is 0.546. The second kappa shape index (κ2) is 5.78. The molecular formula is C10H17N. The van der Waals surface area contributed by atoms with Crippen LogP contribution in [0.15, 0.2) is 37.1 Å². The molecule has 11 heavy (non-hydrogen) atoms. The lowest BCUT2D eigenvalue weighted by Crippen LogP contribution is -2.17. The Hall–Kier alpha value is -0.980. The van der Waals surface area contributed by atoms with Gasteiger partial charge in [0.1, 0.15) is 0 Å². The lowest BCUT2D eigenvalue weighted by Gasteiger charge is -2.16. The zero-order valence-corrected chi connectivity index (χ0v) is 7.51. The summed E-state index contributed by atoms with van der Waals surface area (Å²) < 4.78 is 0. The van der Waals surface area contributed by atoms with E-state index < -0.39 is 0 Å². The average molecular weight is 151 g/mol. The van der Waals surface area contributed by atoms with Gasteiger partial charge in [0.05, 0.1) is 0 Å². The molecule has 0 amide bonds. The Balaban J connectivity index is 3.97. The number of hydrogen-bond acceptors (Lipinski definition) is 1. The maximum absolute atomic E-state index is 3.68. The van der Waals surface area contributed by atoms with Crippen LogP contribution in [0.3, 0.4) is 0 Å². The molecule has 0 spiro atoms. The summed E-state index contributed by atoms with van der Waals surface area (Å²) in [5, 5.41) is 0. The minimum Gasteiger partial charge on any atom is -0.370 e. The van der Waals surface area contributed by atoms with Crippen LogP contribution in [0, 0.1) is 0 Å². The largest absolute Gasteiger partial charge is 0.370 e. The molecule has 0 atom stereocenters. The highest BCUT2D eigenvalue weighted by molar-refractivity contribution is 4.96. The Bertz CT molecular complexity index is 142. The van der Waals surface area contributed by atoms with Gasteiger partial charge in [-0.3, -0.25) is 0 Å². The molecule has 0 fully saturated rings. The summed E-state index contributed by atoms with van der Waals surface area (Å²) >= 11 is 0. The van der Waals surface area contributed by atoms with Gasteiger partial charge in [0, 0.05) is 13.1 Å². The molecule has 0 aliphatic heterocycles. The zero-order chi connectivity index (χ0) is 8.69. The van der Waals surface area contributed by atoms with Crippen molar-refractivity contribution in [2.75, 3.05) is 13.1 Å². The molecule has 0 aliphatic carbocycles. The van der Waals surface area contributed by atoms with Crippen LogP contribution in [0.25, 0.3) is 0 Å². The van der Waals surface area contributed by atoms with E-state index in [9.17, 15) is 0 Å². The van der Waals surface area contributed by atoms with Crippen LogP contribution >= 0.6 is 0 Å². The van der Waals surface area contributed by atoms with Crippen LogP contribution < -0.4 is 0 Å². The Morgan fingerprint density at radius 2 is 1.64 bits per heavy atom. The second-order valence-electron chi connectivity index (χ2n) is 2.74. The maximum Gasteiger partial charge on any atom is 0.0354 e. The van der Waals surface area contributed by atoms with Crippen molar-refractivity contribution in [2.45, 2.75) is 13.8 Å². The monoisotopic (exact) mass is 151 g/mol. The first-order valence-electron chi connectivity index (χ1n) is 3.81. The van der Waals surface area contributed by atoms with Crippen molar-refractivity contribution in [3.05, 3.63) is 37.1 Å². The molecule has 0 aromatic rings. The van der Waals surface area contributed by atoms with Crippen molar-refractivity contribution < 1.29 is 0 Å². The molecule has 0 aromatic heterocycles. The van der Waals surface area contributed by atoms with Gasteiger partial charge < -0.3 is 4.90 Å². The summed E-state index contributed by atoms with van der Waals surface area (Å²) in [6.45, 7) is 13.3. The number of allylic oxidation sites excluding steroid dienone is 1. The molecule has 0 rings (SSSR count). The van der Waals surface area contributed by atoms with Crippen LogP contribution in [0.4, 0.5) is 0 Å². The van der Waals surface area contributed by atoms with Crippen LogP contribution in [0.2, 0.25) is 0 Å². The lowest BCUT2D eigenvalue weighted by atomic mass is 10.3. The predicted octanol–water partition coefficient (Wildman–Crippen LogP) is 2.58. The van der Waals surface area contributed by atoms with E-state index in [1.165, 1.54) is 5.57 Å².